The fraction of sp³-hybridized carbons (Fsp3) is 1.00. The zero-order valence-electron chi connectivity index (χ0n) is 35.2. The molecule has 0 aromatic rings. The maximum atomic E-state index is 11.3. The van der Waals surface area contributed by atoms with E-state index in [1.165, 1.54) is 0 Å². The maximum Gasteiger partial charge on any atom is 0.187 e. The van der Waals surface area contributed by atoms with E-state index in [-0.39, 0.29) is 0 Å². The Morgan fingerprint density at radius 1 is 0.284 bits per heavy atom. The van der Waals surface area contributed by atoms with Crippen LogP contribution in [0.2, 0.25) is 0 Å². The Kier molecular flexibility index (Phi) is 18.2. The Morgan fingerprint density at radius 3 is 1.00 bits per heavy atom. The SMILES string of the molecule is OCC1OC2CC(O)C(O)[C@@H]1O[C@H]1OC(CO)[C@@H](O[C@H]3OC(CO)[C@@H](O[C@H]4OC(CO[C@H]5OC(CO)[C@@H](O[C@H]6OC(CO)[C@@H](O2)C(O)C6O)C(O)C5O)[C@@H](O)C(O)C4O)C(O)C3O)C(O)C1O. The molecular formula is C37H62O30. The van der Waals surface area contributed by atoms with Crippen molar-refractivity contribution >= 4 is 0 Å². The van der Waals surface area contributed by atoms with Gasteiger partial charge in [0.05, 0.1) is 45.7 Å². The van der Waals surface area contributed by atoms with Crippen LogP contribution >= 0.6 is 0 Å². The van der Waals surface area contributed by atoms with E-state index < -0.39 is 230 Å². The molecule has 30 nitrogen and oxygen atoms in total. The lowest BCUT2D eigenvalue weighted by Gasteiger charge is -2.48. The van der Waals surface area contributed by atoms with Gasteiger partial charge in [-0.15, -0.1) is 0 Å². The number of aliphatic hydroxyl groups excluding tert-OH is 18. The molecule has 30 heteroatoms. The van der Waals surface area contributed by atoms with E-state index in [1.807, 2.05) is 0 Å². The summed E-state index contributed by atoms with van der Waals surface area (Å²) in [6, 6.07) is 0. The Bertz CT molecular complexity index is 1530. The molecule has 13 heterocycles. The topological polar surface area (TPSA) is 475 Å². The van der Waals surface area contributed by atoms with Crippen LogP contribution in [0.5, 0.6) is 0 Å². The molecule has 18 N–H and O–H groups in total. The van der Waals surface area contributed by atoms with Gasteiger partial charge in [-0.1, -0.05) is 0 Å². The second-order valence-electron chi connectivity index (χ2n) is 17.3. The molecule has 13 saturated heterocycles. The van der Waals surface area contributed by atoms with Crippen molar-refractivity contribution in [1.29, 1.82) is 0 Å². The first kappa shape index (κ1) is 53.6. The average Bonchev–Trinajstić information content (AvgIpc) is 3.42. The highest BCUT2D eigenvalue weighted by molar-refractivity contribution is 4.99. The molecule has 13 fully saturated rings. The van der Waals surface area contributed by atoms with Crippen molar-refractivity contribution < 1.29 is 149 Å². The highest BCUT2D eigenvalue weighted by atomic mass is 16.8. The normalized spacial score (nSPS) is 55.1. The van der Waals surface area contributed by atoms with E-state index in [4.69, 9.17) is 56.8 Å². The largest absolute Gasteiger partial charge is 0.394 e. The van der Waals surface area contributed by atoms with Gasteiger partial charge in [0.2, 0.25) is 0 Å². The molecule has 30 atom stereocenters. The molecule has 67 heavy (non-hydrogen) atoms. The predicted octanol–water partition coefficient (Wildman–Crippen LogP) is -12.7. The summed E-state index contributed by atoms with van der Waals surface area (Å²) < 4.78 is 68.3. The molecule has 13 rings (SSSR count). The van der Waals surface area contributed by atoms with Crippen LogP contribution in [-0.2, 0) is 56.8 Å². The van der Waals surface area contributed by atoms with Crippen LogP contribution in [0.15, 0.2) is 0 Å². The summed E-state index contributed by atoms with van der Waals surface area (Å²) in [5.74, 6) is 0. The second-order valence-corrected chi connectivity index (χ2v) is 17.3. The molecule has 19 unspecified atom stereocenters. The van der Waals surface area contributed by atoms with Gasteiger partial charge in [-0.3, -0.25) is 0 Å². The van der Waals surface area contributed by atoms with E-state index in [2.05, 4.69) is 0 Å². The summed E-state index contributed by atoms with van der Waals surface area (Å²) >= 11 is 0. The number of rotatable bonds is 5. The fourth-order valence-electron chi connectivity index (χ4n) is 9.01. The fourth-order valence-corrected chi connectivity index (χ4v) is 9.01. The van der Waals surface area contributed by atoms with Gasteiger partial charge in [-0.2, -0.15) is 0 Å². The van der Waals surface area contributed by atoms with Gasteiger partial charge in [0.25, 0.3) is 0 Å². The monoisotopic (exact) mass is 986 g/mol. The molecule has 390 valence electrons. The zero-order valence-corrected chi connectivity index (χ0v) is 35.2. The summed E-state index contributed by atoms with van der Waals surface area (Å²) in [6.07, 6.45) is -57.7. The summed E-state index contributed by atoms with van der Waals surface area (Å²) in [5, 5.41) is 196. The summed E-state index contributed by atoms with van der Waals surface area (Å²) in [7, 11) is 0. The molecule has 0 radical (unpaired) electrons. The molecule has 0 saturated carbocycles. The van der Waals surface area contributed by atoms with Crippen molar-refractivity contribution in [1.82, 2.24) is 0 Å². The third-order valence-electron chi connectivity index (χ3n) is 12.9. The van der Waals surface area contributed by atoms with E-state index in [1.54, 1.807) is 0 Å². The van der Waals surface area contributed by atoms with Crippen LogP contribution < -0.4 is 0 Å². The number of aliphatic hydroxyl groups is 18. The number of hydrogen-bond acceptors (Lipinski definition) is 30. The molecule has 13 aliphatic rings. The highest BCUT2D eigenvalue weighted by Crippen LogP contribution is 2.37. The van der Waals surface area contributed by atoms with Crippen LogP contribution in [0.25, 0.3) is 0 Å². The van der Waals surface area contributed by atoms with Crippen LogP contribution in [0.4, 0.5) is 0 Å². The number of hydrogen-bond donors (Lipinski definition) is 18. The second kappa shape index (κ2) is 22.7. The average molecular weight is 987 g/mol. The van der Waals surface area contributed by atoms with E-state index >= 15 is 0 Å². The lowest BCUT2D eigenvalue weighted by Crippen LogP contribution is -2.67. The Labute approximate surface area is 378 Å². The highest BCUT2D eigenvalue weighted by Gasteiger charge is 2.57. The molecule has 0 aliphatic carbocycles. The lowest BCUT2D eigenvalue weighted by molar-refractivity contribution is -0.388. The molecular weight excluding hydrogens is 924 g/mol. The lowest BCUT2D eigenvalue weighted by atomic mass is 9.96. The van der Waals surface area contributed by atoms with Crippen molar-refractivity contribution in [3.05, 3.63) is 0 Å². The Morgan fingerprint density at radius 2 is 0.597 bits per heavy atom. The van der Waals surface area contributed by atoms with Crippen molar-refractivity contribution in [3.63, 3.8) is 0 Å². The van der Waals surface area contributed by atoms with Crippen LogP contribution in [0, 0.1) is 0 Å². The van der Waals surface area contributed by atoms with Gasteiger partial charge in [-0.05, 0) is 0 Å². The maximum absolute atomic E-state index is 11.3. The van der Waals surface area contributed by atoms with Crippen LogP contribution in [0.1, 0.15) is 6.42 Å². The summed E-state index contributed by atoms with van der Waals surface area (Å²) in [6.45, 7) is -5.72. The van der Waals surface area contributed by atoms with E-state index in [0.29, 0.717) is 0 Å². The minimum atomic E-state index is -2.15. The van der Waals surface area contributed by atoms with Crippen molar-refractivity contribution in [2.75, 3.05) is 39.6 Å². The van der Waals surface area contributed by atoms with Gasteiger partial charge >= 0.3 is 0 Å². The molecule has 13 aliphatic heterocycles. The Hall–Kier alpha value is -1.20. The van der Waals surface area contributed by atoms with E-state index in [9.17, 15) is 91.9 Å². The molecule has 0 aromatic carbocycles. The third kappa shape index (κ3) is 10.8. The minimum absolute atomic E-state index is 0.643. The Balaban J connectivity index is 1.19. The van der Waals surface area contributed by atoms with Gasteiger partial charge < -0.3 is 149 Å². The van der Waals surface area contributed by atoms with Crippen molar-refractivity contribution in [2.24, 2.45) is 0 Å². The first-order valence-corrected chi connectivity index (χ1v) is 21.6. The van der Waals surface area contributed by atoms with Crippen LogP contribution in [-0.4, -0.2) is 316 Å². The third-order valence-corrected chi connectivity index (χ3v) is 12.9. The van der Waals surface area contributed by atoms with Gasteiger partial charge in [0, 0.05) is 6.42 Å². The number of ether oxygens (including phenoxy) is 12. The summed E-state index contributed by atoms with van der Waals surface area (Å²) in [5.41, 5.74) is 0. The minimum Gasteiger partial charge on any atom is -0.394 e. The van der Waals surface area contributed by atoms with E-state index in [0.717, 1.165) is 0 Å². The van der Waals surface area contributed by atoms with Gasteiger partial charge in [0.15, 0.2) is 37.7 Å². The molecule has 0 aromatic heterocycles. The zero-order chi connectivity index (χ0) is 48.8. The quantitative estimate of drug-likeness (QED) is 0.122. The molecule has 0 amide bonds. The standard InChI is InChI=1S/C37H62O30/c38-2-9-28-16(44)8(43)1-15(57-9)63-29-10(3-39)59-36(25(53)20(29)48)66-30-11(4-40)58-33(24(52)19(30)47)56-7-14-17(45)18(46)23(51)34(62-14)65-31-12(5-41)61-37(27(55)22(31)50)67-32-13(6-42)60-35(64-28)26(54)21(32)49/h8-55H,1-7H2/t8?,9?,10?,11?,12?,13?,14?,15?,16?,17-,18?,19?,20?,21?,22?,23?,24?,25?,26?,27?,28-,29-,30-,31-,32-,33+,34-,35-,36-,37-/m1/s1. The molecule has 0 spiro atoms. The predicted molar refractivity (Wildman–Crippen MR) is 200 cm³/mol. The van der Waals surface area contributed by atoms with Crippen LogP contribution in [0.3, 0.4) is 0 Å². The first-order chi connectivity index (χ1) is 31.9. The van der Waals surface area contributed by atoms with Gasteiger partial charge in [0.1, 0.15) is 140 Å². The van der Waals surface area contributed by atoms with Crippen molar-refractivity contribution in [2.45, 2.75) is 191 Å². The summed E-state index contributed by atoms with van der Waals surface area (Å²) in [4.78, 5) is 0. The molecule has 12 bridgehead atoms. The smallest absolute Gasteiger partial charge is 0.187 e. The van der Waals surface area contributed by atoms with Crippen molar-refractivity contribution in [3.8, 4) is 0 Å². The van der Waals surface area contributed by atoms with Gasteiger partial charge in [-0.25, -0.2) is 0 Å². The first-order valence-electron chi connectivity index (χ1n) is 21.6.